The lowest BCUT2D eigenvalue weighted by atomic mass is 10.1. The highest BCUT2D eigenvalue weighted by atomic mass is 35.5. The predicted molar refractivity (Wildman–Crippen MR) is 116 cm³/mol. The second-order valence-corrected chi connectivity index (χ2v) is 7.49. The molecule has 4 rings (SSSR count). The maximum Gasteiger partial charge on any atom is 0.352 e. The van der Waals surface area contributed by atoms with E-state index < -0.39 is 5.97 Å². The number of aromatic nitrogens is 1. The SMILES string of the molecule is O=C(O)c1c(CNCc2ccc(Cl)cc2)c2ccccc2n1Cc1ccccc1F. The topological polar surface area (TPSA) is 54.3 Å². The number of carboxylic acid groups (broad SMARTS) is 1. The van der Waals surface area contributed by atoms with Crippen molar-refractivity contribution in [2.75, 3.05) is 0 Å². The van der Waals surface area contributed by atoms with Crippen LogP contribution >= 0.6 is 11.6 Å². The van der Waals surface area contributed by atoms with Crippen LogP contribution in [0.25, 0.3) is 10.9 Å². The van der Waals surface area contributed by atoms with Gasteiger partial charge in [0.2, 0.25) is 0 Å². The van der Waals surface area contributed by atoms with Crippen molar-refractivity contribution in [3.8, 4) is 0 Å². The van der Waals surface area contributed by atoms with Crippen molar-refractivity contribution < 1.29 is 14.3 Å². The van der Waals surface area contributed by atoms with Gasteiger partial charge in [-0.05, 0) is 29.8 Å². The van der Waals surface area contributed by atoms with Gasteiger partial charge in [-0.2, -0.15) is 0 Å². The molecule has 0 atom stereocenters. The number of para-hydroxylation sites is 1. The molecule has 0 aliphatic heterocycles. The van der Waals surface area contributed by atoms with Gasteiger partial charge >= 0.3 is 5.97 Å². The fourth-order valence-corrected chi connectivity index (χ4v) is 3.82. The zero-order valence-corrected chi connectivity index (χ0v) is 16.9. The molecular weight excluding hydrogens is 403 g/mol. The van der Waals surface area contributed by atoms with Crippen LogP contribution in [0.2, 0.25) is 5.02 Å². The number of nitrogens with one attached hydrogen (secondary N) is 1. The van der Waals surface area contributed by atoms with Gasteiger partial charge in [-0.25, -0.2) is 9.18 Å². The quantitative estimate of drug-likeness (QED) is 0.415. The van der Waals surface area contributed by atoms with Crippen LogP contribution in [-0.2, 0) is 19.6 Å². The third-order valence-electron chi connectivity index (χ3n) is 5.11. The highest BCUT2D eigenvalue weighted by Crippen LogP contribution is 2.28. The van der Waals surface area contributed by atoms with Crippen molar-refractivity contribution in [2.45, 2.75) is 19.6 Å². The second-order valence-electron chi connectivity index (χ2n) is 7.06. The Morgan fingerprint density at radius 1 is 0.967 bits per heavy atom. The number of hydrogen-bond acceptors (Lipinski definition) is 2. The van der Waals surface area contributed by atoms with Gasteiger partial charge in [0.05, 0.1) is 6.54 Å². The Hall–Kier alpha value is -3.15. The number of aromatic carboxylic acids is 1. The van der Waals surface area contributed by atoms with Gasteiger partial charge in [0, 0.05) is 40.1 Å². The maximum atomic E-state index is 14.3. The van der Waals surface area contributed by atoms with E-state index in [2.05, 4.69) is 5.32 Å². The Bertz CT molecular complexity index is 1200. The molecule has 0 unspecified atom stereocenters. The summed E-state index contributed by atoms with van der Waals surface area (Å²) in [6.07, 6.45) is 0. The Balaban J connectivity index is 1.70. The molecule has 1 heterocycles. The third-order valence-corrected chi connectivity index (χ3v) is 5.36. The van der Waals surface area contributed by atoms with Crippen LogP contribution in [0, 0.1) is 5.82 Å². The van der Waals surface area contributed by atoms with E-state index in [-0.39, 0.29) is 18.1 Å². The highest BCUT2D eigenvalue weighted by molar-refractivity contribution is 6.30. The average Bonchev–Trinajstić information content (AvgIpc) is 3.05. The number of nitrogens with zero attached hydrogens (tertiary/aromatic N) is 1. The predicted octanol–water partition coefficient (Wildman–Crippen LogP) is 5.47. The van der Waals surface area contributed by atoms with Gasteiger partial charge in [0.1, 0.15) is 11.5 Å². The molecule has 152 valence electrons. The summed E-state index contributed by atoms with van der Waals surface area (Å²) in [6.45, 7) is 1.09. The van der Waals surface area contributed by atoms with Crippen LogP contribution < -0.4 is 5.32 Å². The lowest BCUT2D eigenvalue weighted by molar-refractivity contribution is 0.0684. The summed E-state index contributed by atoms with van der Waals surface area (Å²) in [6, 6.07) is 21.4. The second kappa shape index (κ2) is 8.69. The molecule has 0 saturated heterocycles. The summed E-state index contributed by atoms with van der Waals surface area (Å²) in [5, 5.41) is 14.8. The largest absolute Gasteiger partial charge is 0.477 e. The van der Waals surface area contributed by atoms with Crippen LogP contribution in [0.3, 0.4) is 0 Å². The van der Waals surface area contributed by atoms with Crippen LogP contribution in [-0.4, -0.2) is 15.6 Å². The van der Waals surface area contributed by atoms with Gasteiger partial charge in [-0.3, -0.25) is 0 Å². The van der Waals surface area contributed by atoms with E-state index in [1.54, 1.807) is 22.8 Å². The van der Waals surface area contributed by atoms with Crippen molar-refractivity contribution in [3.63, 3.8) is 0 Å². The van der Waals surface area contributed by atoms with Crippen molar-refractivity contribution in [1.29, 1.82) is 0 Å². The first kappa shape index (κ1) is 20.1. The minimum absolute atomic E-state index is 0.145. The standard InChI is InChI=1S/C24H20ClFN2O2/c25-18-11-9-16(10-12-18)13-27-14-20-19-6-2-4-8-22(19)28(23(20)24(29)30)15-17-5-1-3-7-21(17)26/h1-12,27H,13-15H2,(H,29,30). The molecule has 3 aromatic carbocycles. The van der Waals surface area contributed by atoms with E-state index in [1.165, 1.54) is 6.07 Å². The summed E-state index contributed by atoms with van der Waals surface area (Å²) >= 11 is 5.93. The number of rotatable bonds is 7. The zero-order chi connectivity index (χ0) is 21.1. The first-order valence-corrected chi connectivity index (χ1v) is 9.94. The fraction of sp³-hybridized carbons (Fsp3) is 0.125. The summed E-state index contributed by atoms with van der Waals surface area (Å²) < 4.78 is 15.9. The number of carboxylic acids is 1. The summed E-state index contributed by atoms with van der Waals surface area (Å²) in [5.74, 6) is -1.39. The molecule has 0 saturated carbocycles. The number of halogens is 2. The van der Waals surface area contributed by atoms with Gasteiger partial charge in [-0.1, -0.05) is 60.1 Å². The van der Waals surface area contributed by atoms with Crippen LogP contribution in [0.1, 0.15) is 27.2 Å². The van der Waals surface area contributed by atoms with Crippen molar-refractivity contribution in [2.24, 2.45) is 0 Å². The first-order valence-electron chi connectivity index (χ1n) is 9.56. The van der Waals surface area contributed by atoms with Gasteiger partial charge in [0.25, 0.3) is 0 Å². The molecule has 4 nitrogen and oxygen atoms in total. The van der Waals surface area contributed by atoms with E-state index in [1.807, 2.05) is 48.5 Å². The van der Waals surface area contributed by atoms with Gasteiger partial charge in [-0.15, -0.1) is 0 Å². The Labute approximate surface area is 178 Å². The smallest absolute Gasteiger partial charge is 0.352 e. The van der Waals surface area contributed by atoms with Crippen molar-refractivity contribution >= 4 is 28.5 Å². The fourth-order valence-electron chi connectivity index (χ4n) is 3.69. The molecular formula is C24H20ClFN2O2. The van der Waals surface area contributed by atoms with Crippen LogP contribution in [0.4, 0.5) is 4.39 Å². The summed E-state index contributed by atoms with van der Waals surface area (Å²) in [5.41, 5.74) is 3.11. The lowest BCUT2D eigenvalue weighted by Crippen LogP contribution is -2.17. The molecule has 0 spiro atoms. The van der Waals surface area contributed by atoms with Crippen molar-refractivity contribution in [3.05, 3.63) is 106 Å². The highest BCUT2D eigenvalue weighted by Gasteiger charge is 2.22. The van der Waals surface area contributed by atoms with E-state index >= 15 is 0 Å². The van der Waals surface area contributed by atoms with Crippen LogP contribution in [0.15, 0.2) is 72.8 Å². The lowest BCUT2D eigenvalue weighted by Gasteiger charge is -2.11. The Morgan fingerprint density at radius 3 is 2.40 bits per heavy atom. The molecule has 0 aliphatic carbocycles. The molecule has 0 aliphatic rings. The normalized spacial score (nSPS) is 11.1. The molecule has 2 N–H and O–H groups in total. The summed E-state index contributed by atoms with van der Waals surface area (Å²) in [4.78, 5) is 12.2. The Kier molecular flexibility index (Phi) is 5.84. The molecule has 0 bridgehead atoms. The average molecular weight is 423 g/mol. The minimum Gasteiger partial charge on any atom is -0.477 e. The van der Waals surface area contributed by atoms with E-state index in [0.717, 1.165) is 16.5 Å². The number of benzene rings is 3. The maximum absolute atomic E-state index is 14.3. The molecule has 4 aromatic rings. The van der Waals surface area contributed by atoms with E-state index in [4.69, 9.17) is 11.6 Å². The molecule has 6 heteroatoms. The molecule has 0 fully saturated rings. The van der Waals surface area contributed by atoms with E-state index in [0.29, 0.717) is 29.2 Å². The van der Waals surface area contributed by atoms with Gasteiger partial charge < -0.3 is 15.0 Å². The first-order chi connectivity index (χ1) is 14.5. The minimum atomic E-state index is -1.04. The number of fused-ring (bicyclic) bond motifs is 1. The van der Waals surface area contributed by atoms with Crippen LogP contribution in [0.5, 0.6) is 0 Å². The zero-order valence-electron chi connectivity index (χ0n) is 16.1. The summed E-state index contributed by atoms with van der Waals surface area (Å²) in [7, 11) is 0. The van der Waals surface area contributed by atoms with Crippen molar-refractivity contribution in [1.82, 2.24) is 9.88 Å². The molecule has 0 amide bonds. The monoisotopic (exact) mass is 422 g/mol. The Morgan fingerprint density at radius 2 is 1.67 bits per heavy atom. The third kappa shape index (κ3) is 4.08. The molecule has 0 radical (unpaired) electrons. The molecule has 30 heavy (non-hydrogen) atoms. The number of hydrogen-bond donors (Lipinski definition) is 2. The molecule has 1 aromatic heterocycles. The van der Waals surface area contributed by atoms with E-state index in [9.17, 15) is 14.3 Å². The number of carbonyl (C=O) groups is 1. The van der Waals surface area contributed by atoms with Gasteiger partial charge in [0.15, 0.2) is 0 Å².